The number of nitrogens with one attached hydrogen (secondary N) is 2. The second kappa shape index (κ2) is 12.1. The summed E-state index contributed by atoms with van der Waals surface area (Å²) in [6, 6.07) is 12.9. The van der Waals surface area contributed by atoms with E-state index in [0.717, 1.165) is 0 Å². The number of benzene rings is 2. The minimum atomic E-state index is -0.760. The molecule has 10 nitrogen and oxygen atoms in total. The predicted molar refractivity (Wildman–Crippen MR) is 128 cm³/mol. The lowest BCUT2D eigenvalue weighted by molar-refractivity contribution is -0.113. The van der Waals surface area contributed by atoms with Gasteiger partial charge < -0.3 is 29.8 Å². The summed E-state index contributed by atoms with van der Waals surface area (Å²) < 4.78 is 12.0. The first-order valence-electron chi connectivity index (χ1n) is 10.5. The topological polar surface area (TPSA) is 128 Å². The number of aromatic nitrogens is 3. The third kappa shape index (κ3) is 6.27. The SMILES string of the molecule is CCn1c(SCC(=O)Nc2ccc(OC)cc2)nnc1C(CO)NC(=O)c1ccc(OC)cc1. The number of amides is 2. The maximum Gasteiger partial charge on any atom is 0.251 e. The van der Waals surface area contributed by atoms with Gasteiger partial charge in [-0.1, -0.05) is 11.8 Å². The van der Waals surface area contributed by atoms with Gasteiger partial charge in [0, 0.05) is 17.8 Å². The Hall–Kier alpha value is -3.57. The van der Waals surface area contributed by atoms with E-state index in [0.29, 0.717) is 40.3 Å². The van der Waals surface area contributed by atoms with E-state index in [1.54, 1.807) is 67.3 Å². The Morgan fingerprint density at radius 2 is 1.65 bits per heavy atom. The number of methoxy groups -OCH3 is 2. The van der Waals surface area contributed by atoms with Gasteiger partial charge in [-0.25, -0.2) is 0 Å². The van der Waals surface area contributed by atoms with Crippen molar-refractivity contribution < 1.29 is 24.2 Å². The van der Waals surface area contributed by atoms with Gasteiger partial charge in [-0.3, -0.25) is 9.59 Å². The number of carbonyl (C=O) groups excluding carboxylic acids is 2. The summed E-state index contributed by atoms with van der Waals surface area (Å²) >= 11 is 1.22. The van der Waals surface area contributed by atoms with Gasteiger partial charge in [-0.15, -0.1) is 10.2 Å². The lowest BCUT2D eigenvalue weighted by Gasteiger charge is -2.17. The molecule has 1 atom stereocenters. The van der Waals surface area contributed by atoms with E-state index in [1.807, 2.05) is 6.92 Å². The molecule has 1 heterocycles. The van der Waals surface area contributed by atoms with Crippen molar-refractivity contribution in [3.63, 3.8) is 0 Å². The normalized spacial score (nSPS) is 11.5. The first-order valence-corrected chi connectivity index (χ1v) is 11.5. The van der Waals surface area contributed by atoms with Gasteiger partial charge in [0.2, 0.25) is 5.91 Å². The molecule has 180 valence electrons. The van der Waals surface area contributed by atoms with Crippen LogP contribution in [0.2, 0.25) is 0 Å². The molecule has 3 aromatic rings. The zero-order valence-corrected chi connectivity index (χ0v) is 20.0. The van der Waals surface area contributed by atoms with Crippen molar-refractivity contribution in [1.82, 2.24) is 20.1 Å². The van der Waals surface area contributed by atoms with E-state index in [4.69, 9.17) is 9.47 Å². The van der Waals surface area contributed by atoms with Crippen molar-refractivity contribution in [2.24, 2.45) is 0 Å². The van der Waals surface area contributed by atoms with Crippen LogP contribution in [0.4, 0.5) is 5.69 Å². The highest BCUT2D eigenvalue weighted by Gasteiger charge is 2.23. The Kier molecular flexibility index (Phi) is 8.88. The van der Waals surface area contributed by atoms with E-state index in [1.165, 1.54) is 11.8 Å². The third-order valence-electron chi connectivity index (χ3n) is 4.92. The maximum atomic E-state index is 12.6. The van der Waals surface area contributed by atoms with Gasteiger partial charge in [0.1, 0.15) is 17.5 Å². The molecular weight excluding hydrogens is 458 g/mol. The third-order valence-corrected chi connectivity index (χ3v) is 5.89. The summed E-state index contributed by atoms with van der Waals surface area (Å²) in [7, 11) is 3.13. The number of aliphatic hydroxyl groups excluding tert-OH is 1. The summed E-state index contributed by atoms with van der Waals surface area (Å²) in [5, 5.41) is 24.3. The lowest BCUT2D eigenvalue weighted by Crippen LogP contribution is -2.32. The molecular formula is C23H27N5O5S. The second-order valence-corrected chi connectivity index (χ2v) is 8.03. The van der Waals surface area contributed by atoms with Crippen LogP contribution in [0.3, 0.4) is 0 Å². The highest BCUT2D eigenvalue weighted by Crippen LogP contribution is 2.22. The molecule has 0 radical (unpaired) electrons. The lowest BCUT2D eigenvalue weighted by atomic mass is 10.2. The molecule has 2 aromatic carbocycles. The Balaban J connectivity index is 1.63. The van der Waals surface area contributed by atoms with Crippen molar-refractivity contribution in [2.75, 3.05) is 31.9 Å². The molecule has 0 aliphatic carbocycles. The monoisotopic (exact) mass is 485 g/mol. The zero-order chi connectivity index (χ0) is 24.5. The smallest absolute Gasteiger partial charge is 0.251 e. The van der Waals surface area contributed by atoms with Gasteiger partial charge in [-0.2, -0.15) is 0 Å². The number of carbonyl (C=O) groups is 2. The van der Waals surface area contributed by atoms with Gasteiger partial charge in [0.25, 0.3) is 5.91 Å². The first-order chi connectivity index (χ1) is 16.5. The molecule has 34 heavy (non-hydrogen) atoms. The van der Waals surface area contributed by atoms with Crippen LogP contribution in [0.5, 0.6) is 11.5 Å². The molecule has 1 aromatic heterocycles. The molecule has 2 amide bonds. The average molecular weight is 486 g/mol. The van der Waals surface area contributed by atoms with Crippen molar-refractivity contribution in [3.05, 3.63) is 59.9 Å². The van der Waals surface area contributed by atoms with Crippen LogP contribution in [0.25, 0.3) is 0 Å². The molecule has 0 saturated heterocycles. The highest BCUT2D eigenvalue weighted by atomic mass is 32.2. The Morgan fingerprint density at radius 3 is 2.21 bits per heavy atom. The van der Waals surface area contributed by atoms with Crippen molar-refractivity contribution >= 4 is 29.3 Å². The van der Waals surface area contributed by atoms with Crippen LogP contribution in [-0.4, -0.2) is 58.3 Å². The van der Waals surface area contributed by atoms with Crippen LogP contribution in [0.15, 0.2) is 53.7 Å². The molecule has 3 rings (SSSR count). The minimum absolute atomic E-state index is 0.117. The Bertz CT molecular complexity index is 1100. The van der Waals surface area contributed by atoms with Crippen LogP contribution in [-0.2, 0) is 11.3 Å². The summed E-state index contributed by atoms with van der Waals surface area (Å²) in [6.45, 7) is 2.04. The summed E-state index contributed by atoms with van der Waals surface area (Å²) in [6.07, 6.45) is 0. The molecule has 0 bridgehead atoms. The number of anilines is 1. The number of hydrogen-bond acceptors (Lipinski definition) is 8. The van der Waals surface area contributed by atoms with Crippen molar-refractivity contribution in [3.8, 4) is 11.5 Å². The predicted octanol–water partition coefficient (Wildman–Crippen LogP) is 2.51. The summed E-state index contributed by atoms with van der Waals surface area (Å²) in [5.74, 6) is 1.30. The van der Waals surface area contributed by atoms with E-state index < -0.39 is 6.04 Å². The second-order valence-electron chi connectivity index (χ2n) is 7.09. The number of nitrogens with zero attached hydrogens (tertiary/aromatic N) is 3. The molecule has 1 unspecified atom stereocenters. The quantitative estimate of drug-likeness (QED) is 0.354. The number of rotatable bonds is 11. The molecule has 0 aliphatic heterocycles. The fourth-order valence-corrected chi connectivity index (χ4v) is 3.95. The fourth-order valence-electron chi connectivity index (χ4n) is 3.14. The van der Waals surface area contributed by atoms with Crippen LogP contribution >= 0.6 is 11.8 Å². The number of hydrogen-bond donors (Lipinski definition) is 3. The molecule has 0 fully saturated rings. The van der Waals surface area contributed by atoms with Crippen molar-refractivity contribution in [1.29, 1.82) is 0 Å². The van der Waals surface area contributed by atoms with Crippen LogP contribution in [0.1, 0.15) is 29.1 Å². The highest BCUT2D eigenvalue weighted by molar-refractivity contribution is 7.99. The standard InChI is InChI=1S/C23H27N5O5S/c1-4-28-21(19(13-29)25-22(31)15-5-9-17(32-2)10-6-15)26-27-23(28)34-14-20(30)24-16-7-11-18(33-3)12-8-16/h5-12,19,29H,4,13-14H2,1-3H3,(H,24,30)(H,25,31). The molecule has 0 spiro atoms. The van der Waals surface area contributed by atoms with Crippen molar-refractivity contribution in [2.45, 2.75) is 24.7 Å². The van der Waals surface area contributed by atoms with Gasteiger partial charge in [0.05, 0.1) is 26.6 Å². The van der Waals surface area contributed by atoms with Gasteiger partial charge >= 0.3 is 0 Å². The number of thioether (sulfide) groups is 1. The minimum Gasteiger partial charge on any atom is -0.497 e. The summed E-state index contributed by atoms with van der Waals surface area (Å²) in [4.78, 5) is 25.0. The van der Waals surface area contributed by atoms with Crippen LogP contribution in [0, 0.1) is 0 Å². The Morgan fingerprint density at radius 1 is 1.03 bits per heavy atom. The van der Waals surface area contributed by atoms with E-state index in [-0.39, 0.29) is 24.2 Å². The average Bonchev–Trinajstić information content (AvgIpc) is 3.29. The first kappa shape index (κ1) is 25.1. The summed E-state index contributed by atoms with van der Waals surface area (Å²) in [5.41, 5.74) is 1.08. The molecule has 0 saturated carbocycles. The van der Waals surface area contributed by atoms with Gasteiger partial charge in [-0.05, 0) is 55.5 Å². The van der Waals surface area contributed by atoms with E-state index in [2.05, 4.69) is 20.8 Å². The fraction of sp³-hybridized carbons (Fsp3) is 0.304. The zero-order valence-electron chi connectivity index (χ0n) is 19.1. The van der Waals surface area contributed by atoms with E-state index in [9.17, 15) is 14.7 Å². The maximum absolute atomic E-state index is 12.6. The van der Waals surface area contributed by atoms with E-state index >= 15 is 0 Å². The largest absolute Gasteiger partial charge is 0.497 e. The molecule has 11 heteroatoms. The van der Waals surface area contributed by atoms with Crippen LogP contribution < -0.4 is 20.1 Å². The molecule has 0 aliphatic rings. The Labute approximate surface area is 201 Å². The number of ether oxygens (including phenoxy) is 2. The molecule has 3 N–H and O–H groups in total. The number of aliphatic hydroxyl groups is 1. The van der Waals surface area contributed by atoms with Gasteiger partial charge in [0.15, 0.2) is 11.0 Å².